The zero-order chi connectivity index (χ0) is 19.9. The largest absolute Gasteiger partial charge is 0.447 e. The standard InChI is InChI=1S/C19H23N3O4S2/c1-12-18(13-8-10-22(12)11-9-13)21-19(23)16-6-7-17(27-16)26-14-2-4-15(5-3-14)28(20,24)25/h2-7,12-13,18H,8-11H2,1H3,(H,21,23)(H2,20,24,25)/t12-,18-/m0/s1. The molecule has 3 aliphatic heterocycles. The van der Waals surface area contributed by atoms with Gasteiger partial charge in [-0.2, -0.15) is 0 Å². The van der Waals surface area contributed by atoms with Crippen LogP contribution in [0.2, 0.25) is 0 Å². The van der Waals surface area contributed by atoms with Crippen LogP contribution in [0.1, 0.15) is 29.4 Å². The number of benzene rings is 1. The fourth-order valence-corrected chi connectivity index (χ4v) is 5.37. The van der Waals surface area contributed by atoms with E-state index in [0.29, 0.717) is 27.6 Å². The summed E-state index contributed by atoms with van der Waals surface area (Å²) in [4.78, 5) is 15.8. The minimum atomic E-state index is -3.73. The number of nitrogens with zero attached hydrogens (tertiary/aromatic N) is 1. The smallest absolute Gasteiger partial charge is 0.261 e. The molecule has 0 unspecified atom stereocenters. The van der Waals surface area contributed by atoms with E-state index >= 15 is 0 Å². The van der Waals surface area contributed by atoms with Crippen LogP contribution < -0.4 is 15.2 Å². The fourth-order valence-electron chi connectivity index (χ4n) is 4.08. The van der Waals surface area contributed by atoms with Crippen molar-refractivity contribution in [3.05, 3.63) is 41.3 Å². The molecule has 3 aliphatic rings. The van der Waals surface area contributed by atoms with Crippen molar-refractivity contribution in [2.24, 2.45) is 11.1 Å². The number of amides is 1. The van der Waals surface area contributed by atoms with Gasteiger partial charge in [-0.25, -0.2) is 13.6 Å². The van der Waals surface area contributed by atoms with Crippen LogP contribution >= 0.6 is 11.3 Å². The van der Waals surface area contributed by atoms with E-state index in [-0.39, 0.29) is 16.8 Å². The molecule has 2 atom stereocenters. The Bertz CT molecular complexity index is 961. The number of primary sulfonamides is 1. The Hall–Kier alpha value is -1.94. The molecule has 0 saturated carbocycles. The number of hydrogen-bond donors (Lipinski definition) is 2. The Kier molecular flexibility index (Phi) is 5.17. The normalized spacial score (nSPS) is 26.8. The lowest BCUT2D eigenvalue weighted by molar-refractivity contribution is 0.0218. The van der Waals surface area contributed by atoms with Gasteiger partial charge in [0.2, 0.25) is 10.0 Å². The van der Waals surface area contributed by atoms with Gasteiger partial charge in [0, 0.05) is 12.1 Å². The Balaban J connectivity index is 1.40. The Morgan fingerprint density at radius 3 is 2.46 bits per heavy atom. The SMILES string of the molecule is C[C@H]1[C@H](NC(=O)c2ccc(Oc3ccc(S(N)(=O)=O)cc3)s2)C2CCN1CC2. The lowest BCUT2D eigenvalue weighted by atomic mass is 9.79. The third-order valence-electron chi connectivity index (χ3n) is 5.65. The lowest BCUT2D eigenvalue weighted by Crippen LogP contribution is -2.62. The van der Waals surface area contributed by atoms with E-state index in [0.717, 1.165) is 25.9 Å². The van der Waals surface area contributed by atoms with Crippen LogP contribution in [0.4, 0.5) is 0 Å². The van der Waals surface area contributed by atoms with Crippen LogP contribution in [-0.2, 0) is 10.0 Å². The first-order valence-corrected chi connectivity index (χ1v) is 11.6. The summed E-state index contributed by atoms with van der Waals surface area (Å²) in [6.07, 6.45) is 2.28. The second-order valence-electron chi connectivity index (χ2n) is 7.35. The van der Waals surface area contributed by atoms with Crippen molar-refractivity contribution >= 4 is 27.3 Å². The number of thiophene rings is 1. The zero-order valence-corrected chi connectivity index (χ0v) is 17.1. The number of fused-ring (bicyclic) bond motifs is 3. The number of sulfonamides is 1. The summed E-state index contributed by atoms with van der Waals surface area (Å²) < 4.78 is 28.3. The van der Waals surface area contributed by atoms with Gasteiger partial charge in [0.15, 0.2) is 5.06 Å². The van der Waals surface area contributed by atoms with Crippen molar-refractivity contribution in [3.8, 4) is 10.8 Å². The molecule has 1 amide bonds. The predicted octanol–water partition coefficient (Wildman–Crippen LogP) is 2.40. The van der Waals surface area contributed by atoms with Gasteiger partial charge in [-0.15, -0.1) is 0 Å². The first-order valence-electron chi connectivity index (χ1n) is 9.27. The summed E-state index contributed by atoms with van der Waals surface area (Å²) in [5.41, 5.74) is 0. The Labute approximate surface area is 168 Å². The molecule has 150 valence electrons. The molecule has 7 nitrogen and oxygen atoms in total. The molecule has 3 fully saturated rings. The van der Waals surface area contributed by atoms with Crippen LogP contribution in [-0.4, -0.2) is 44.4 Å². The van der Waals surface area contributed by atoms with Crippen molar-refractivity contribution in [3.63, 3.8) is 0 Å². The van der Waals surface area contributed by atoms with Gasteiger partial charge >= 0.3 is 0 Å². The molecule has 9 heteroatoms. The summed E-state index contributed by atoms with van der Waals surface area (Å²) in [6, 6.07) is 9.90. The zero-order valence-electron chi connectivity index (χ0n) is 15.5. The number of rotatable bonds is 5. The van der Waals surface area contributed by atoms with Gasteiger partial charge in [-0.05, 0) is 75.2 Å². The maximum Gasteiger partial charge on any atom is 0.261 e. The van der Waals surface area contributed by atoms with Crippen molar-refractivity contribution in [2.75, 3.05) is 13.1 Å². The molecule has 5 rings (SSSR count). The second-order valence-corrected chi connectivity index (χ2v) is 9.96. The van der Waals surface area contributed by atoms with Crippen LogP contribution in [0.5, 0.6) is 10.8 Å². The molecule has 2 bridgehead atoms. The maximum absolute atomic E-state index is 12.7. The first kappa shape index (κ1) is 19.4. The highest BCUT2D eigenvalue weighted by molar-refractivity contribution is 7.89. The second kappa shape index (κ2) is 7.47. The van der Waals surface area contributed by atoms with Gasteiger partial charge in [0.25, 0.3) is 5.91 Å². The molecule has 0 spiro atoms. The summed E-state index contributed by atoms with van der Waals surface area (Å²) in [5, 5.41) is 8.87. The van der Waals surface area contributed by atoms with E-state index < -0.39 is 10.0 Å². The van der Waals surface area contributed by atoms with E-state index in [1.165, 1.54) is 35.6 Å². The number of piperidine rings is 3. The molecule has 3 N–H and O–H groups in total. The number of hydrogen-bond acceptors (Lipinski definition) is 6. The molecule has 0 aliphatic carbocycles. The van der Waals surface area contributed by atoms with Crippen LogP contribution in [0, 0.1) is 5.92 Å². The maximum atomic E-state index is 12.7. The molecule has 1 aromatic heterocycles. The molecule has 2 aromatic rings. The van der Waals surface area contributed by atoms with Crippen LogP contribution in [0.15, 0.2) is 41.3 Å². The predicted molar refractivity (Wildman–Crippen MR) is 107 cm³/mol. The molecule has 4 heterocycles. The monoisotopic (exact) mass is 421 g/mol. The van der Waals surface area contributed by atoms with E-state index in [9.17, 15) is 13.2 Å². The summed E-state index contributed by atoms with van der Waals surface area (Å²) in [7, 11) is -3.73. The minimum absolute atomic E-state index is 0.0257. The molecular weight excluding hydrogens is 398 g/mol. The van der Waals surface area contributed by atoms with Gasteiger partial charge in [0.1, 0.15) is 5.75 Å². The van der Waals surface area contributed by atoms with E-state index in [1.807, 2.05) is 0 Å². The average Bonchev–Trinajstić information content (AvgIpc) is 3.13. The van der Waals surface area contributed by atoms with Crippen molar-refractivity contribution in [2.45, 2.75) is 36.7 Å². The van der Waals surface area contributed by atoms with E-state index in [4.69, 9.17) is 9.88 Å². The number of carbonyl (C=O) groups excluding carboxylic acids is 1. The Morgan fingerprint density at radius 2 is 1.86 bits per heavy atom. The van der Waals surface area contributed by atoms with Gasteiger partial charge in [0.05, 0.1) is 9.77 Å². The number of nitrogens with two attached hydrogens (primary N) is 1. The van der Waals surface area contributed by atoms with E-state index in [1.54, 1.807) is 12.1 Å². The Morgan fingerprint density at radius 1 is 1.18 bits per heavy atom. The third-order valence-corrected chi connectivity index (χ3v) is 7.54. The van der Waals surface area contributed by atoms with Gasteiger partial charge in [-0.3, -0.25) is 9.69 Å². The highest BCUT2D eigenvalue weighted by atomic mass is 32.2. The average molecular weight is 422 g/mol. The highest BCUT2D eigenvalue weighted by Crippen LogP contribution is 2.33. The number of carbonyl (C=O) groups is 1. The lowest BCUT2D eigenvalue weighted by Gasteiger charge is -2.49. The molecule has 3 saturated heterocycles. The van der Waals surface area contributed by atoms with Crippen molar-refractivity contribution in [1.82, 2.24) is 10.2 Å². The molecule has 28 heavy (non-hydrogen) atoms. The van der Waals surface area contributed by atoms with Crippen molar-refractivity contribution in [1.29, 1.82) is 0 Å². The minimum Gasteiger partial charge on any atom is -0.447 e. The van der Waals surface area contributed by atoms with Crippen LogP contribution in [0.3, 0.4) is 0 Å². The summed E-state index contributed by atoms with van der Waals surface area (Å²) in [6.45, 7) is 4.43. The summed E-state index contributed by atoms with van der Waals surface area (Å²) >= 11 is 1.26. The van der Waals surface area contributed by atoms with Crippen molar-refractivity contribution < 1.29 is 17.9 Å². The van der Waals surface area contributed by atoms with Crippen LogP contribution in [0.25, 0.3) is 0 Å². The highest BCUT2D eigenvalue weighted by Gasteiger charge is 2.40. The first-order chi connectivity index (χ1) is 13.3. The topological polar surface area (TPSA) is 102 Å². The number of nitrogens with one attached hydrogen (secondary N) is 1. The van der Waals surface area contributed by atoms with Gasteiger partial charge in [-0.1, -0.05) is 11.3 Å². The quantitative estimate of drug-likeness (QED) is 0.772. The third kappa shape index (κ3) is 3.93. The molecule has 0 radical (unpaired) electrons. The fraction of sp³-hybridized carbons (Fsp3) is 0.421. The van der Waals surface area contributed by atoms with E-state index in [2.05, 4.69) is 17.1 Å². The molecule has 1 aromatic carbocycles. The summed E-state index contributed by atoms with van der Waals surface area (Å²) in [5.74, 6) is 0.958. The number of ether oxygens (including phenoxy) is 1. The van der Waals surface area contributed by atoms with Gasteiger partial charge < -0.3 is 10.1 Å². The molecular formula is C19H23N3O4S2.